The number of hydrogen-bond acceptors (Lipinski definition) is 2. The van der Waals surface area contributed by atoms with E-state index in [1.54, 1.807) is 12.4 Å². The second-order valence-corrected chi connectivity index (χ2v) is 3.72. The Hall–Kier alpha value is -0.310. The van der Waals surface area contributed by atoms with Crippen molar-refractivity contribution in [2.24, 2.45) is 11.7 Å². The lowest BCUT2D eigenvalue weighted by molar-refractivity contribution is 0.456. The van der Waals surface area contributed by atoms with Crippen molar-refractivity contribution in [3.05, 3.63) is 29.0 Å². The summed E-state index contributed by atoms with van der Waals surface area (Å²) in [5.74, 6) is 0.444. The van der Waals surface area contributed by atoms with E-state index < -0.39 is 0 Å². The molecule has 4 heteroatoms. The first kappa shape index (κ1) is 13.7. The van der Waals surface area contributed by atoms with Gasteiger partial charge in [-0.2, -0.15) is 0 Å². The van der Waals surface area contributed by atoms with Gasteiger partial charge in [0.05, 0.1) is 5.02 Å². The summed E-state index contributed by atoms with van der Waals surface area (Å²) >= 11 is 5.98. The summed E-state index contributed by atoms with van der Waals surface area (Å²) in [6.45, 7) is 4.25. The highest BCUT2D eigenvalue weighted by atomic mass is 35.5. The molecule has 0 aliphatic heterocycles. The Kier molecular flexibility index (Phi) is 6.09. The molecule has 0 radical (unpaired) electrons. The van der Waals surface area contributed by atoms with Crippen molar-refractivity contribution in [1.82, 2.24) is 4.98 Å². The number of hydrogen-bond donors (Lipinski definition) is 1. The van der Waals surface area contributed by atoms with Crippen LogP contribution in [0.5, 0.6) is 0 Å². The molecular formula is C10H16Cl2N2. The lowest BCUT2D eigenvalue weighted by Crippen LogP contribution is -2.18. The van der Waals surface area contributed by atoms with E-state index in [1.807, 2.05) is 6.07 Å². The van der Waals surface area contributed by atoms with Gasteiger partial charge in [-0.15, -0.1) is 12.4 Å². The average Bonchev–Trinajstić information content (AvgIpc) is 2.16. The molecule has 14 heavy (non-hydrogen) atoms. The van der Waals surface area contributed by atoms with Crippen LogP contribution < -0.4 is 5.73 Å². The molecule has 0 saturated heterocycles. The highest BCUT2D eigenvalue weighted by Gasteiger charge is 2.15. The molecule has 0 amide bonds. The zero-order valence-electron chi connectivity index (χ0n) is 8.40. The maximum atomic E-state index is 6.04. The van der Waals surface area contributed by atoms with Gasteiger partial charge in [-0.05, 0) is 17.5 Å². The van der Waals surface area contributed by atoms with Crippen LogP contribution in [0.2, 0.25) is 5.02 Å². The van der Waals surface area contributed by atoms with Crippen molar-refractivity contribution in [2.75, 3.05) is 0 Å². The molecule has 0 bridgehead atoms. The van der Waals surface area contributed by atoms with Gasteiger partial charge >= 0.3 is 0 Å². The molecule has 2 N–H and O–H groups in total. The van der Waals surface area contributed by atoms with E-state index in [-0.39, 0.29) is 18.4 Å². The zero-order chi connectivity index (χ0) is 9.84. The first-order valence-electron chi connectivity index (χ1n) is 4.51. The molecule has 0 aromatic carbocycles. The van der Waals surface area contributed by atoms with E-state index in [4.69, 9.17) is 17.3 Å². The van der Waals surface area contributed by atoms with Gasteiger partial charge < -0.3 is 5.73 Å². The van der Waals surface area contributed by atoms with E-state index >= 15 is 0 Å². The Morgan fingerprint density at radius 3 is 2.71 bits per heavy atom. The maximum absolute atomic E-state index is 6.04. The average molecular weight is 235 g/mol. The predicted molar refractivity (Wildman–Crippen MR) is 62.9 cm³/mol. The summed E-state index contributed by atoms with van der Waals surface area (Å²) in [6.07, 6.45) is 4.42. The van der Waals surface area contributed by atoms with Crippen LogP contribution in [0.1, 0.15) is 31.9 Å². The van der Waals surface area contributed by atoms with Crippen LogP contribution in [0.15, 0.2) is 18.5 Å². The van der Waals surface area contributed by atoms with E-state index in [0.29, 0.717) is 10.9 Å². The highest BCUT2D eigenvalue weighted by molar-refractivity contribution is 6.31. The SMILES string of the molecule is CCC(C)[C@@H](N)c1ccncc1Cl.Cl. The normalized spacial score (nSPS) is 14.3. The van der Waals surface area contributed by atoms with Crippen LogP contribution in [0, 0.1) is 5.92 Å². The molecule has 2 nitrogen and oxygen atoms in total. The molecule has 0 spiro atoms. The predicted octanol–water partition coefficient (Wildman–Crippen LogP) is 3.20. The summed E-state index contributed by atoms with van der Waals surface area (Å²) in [5, 5.41) is 0.662. The van der Waals surface area contributed by atoms with Crippen LogP contribution in [-0.2, 0) is 0 Å². The van der Waals surface area contributed by atoms with Crippen molar-refractivity contribution >= 4 is 24.0 Å². The van der Waals surface area contributed by atoms with Gasteiger partial charge in [-0.3, -0.25) is 4.98 Å². The molecule has 0 aliphatic carbocycles. The van der Waals surface area contributed by atoms with Gasteiger partial charge in [0.25, 0.3) is 0 Å². The van der Waals surface area contributed by atoms with Crippen LogP contribution in [0.25, 0.3) is 0 Å². The van der Waals surface area contributed by atoms with Crippen molar-refractivity contribution in [2.45, 2.75) is 26.3 Å². The first-order valence-corrected chi connectivity index (χ1v) is 4.89. The fourth-order valence-corrected chi connectivity index (χ4v) is 1.46. The van der Waals surface area contributed by atoms with E-state index in [9.17, 15) is 0 Å². The largest absolute Gasteiger partial charge is 0.324 e. The molecule has 1 rings (SSSR count). The fourth-order valence-electron chi connectivity index (χ4n) is 1.22. The van der Waals surface area contributed by atoms with Crippen molar-refractivity contribution < 1.29 is 0 Å². The monoisotopic (exact) mass is 234 g/mol. The second kappa shape index (κ2) is 6.23. The van der Waals surface area contributed by atoms with Gasteiger partial charge in [-0.25, -0.2) is 0 Å². The Morgan fingerprint density at radius 1 is 1.57 bits per heavy atom. The van der Waals surface area contributed by atoms with Crippen molar-refractivity contribution in [3.8, 4) is 0 Å². The smallest absolute Gasteiger partial charge is 0.0637 e. The minimum Gasteiger partial charge on any atom is -0.324 e. The van der Waals surface area contributed by atoms with E-state index in [2.05, 4.69) is 18.8 Å². The summed E-state index contributed by atoms with van der Waals surface area (Å²) in [6, 6.07) is 1.90. The molecule has 1 aromatic rings. The molecule has 1 heterocycles. The Bertz CT molecular complexity index is 279. The molecule has 0 saturated carbocycles. The minimum atomic E-state index is 0. The molecule has 2 atom stereocenters. The molecule has 1 unspecified atom stereocenters. The Morgan fingerprint density at radius 2 is 2.21 bits per heavy atom. The quantitative estimate of drug-likeness (QED) is 0.873. The highest BCUT2D eigenvalue weighted by Crippen LogP contribution is 2.26. The van der Waals surface area contributed by atoms with Gasteiger partial charge in [0, 0.05) is 18.4 Å². The second-order valence-electron chi connectivity index (χ2n) is 3.31. The Labute approximate surface area is 96.3 Å². The fraction of sp³-hybridized carbons (Fsp3) is 0.500. The number of nitrogens with zero attached hydrogens (tertiary/aromatic N) is 1. The lowest BCUT2D eigenvalue weighted by Gasteiger charge is -2.19. The standard InChI is InChI=1S/C10H15ClN2.ClH/c1-3-7(2)10(12)8-4-5-13-6-9(8)11;/h4-7,10H,3,12H2,1-2H3;1H/t7?,10-;/m1./s1. The molecule has 1 aromatic heterocycles. The van der Waals surface area contributed by atoms with Gasteiger partial charge in [0.2, 0.25) is 0 Å². The Balaban J connectivity index is 0.00000169. The van der Waals surface area contributed by atoms with Gasteiger partial charge in [0.1, 0.15) is 0 Å². The van der Waals surface area contributed by atoms with Crippen molar-refractivity contribution in [3.63, 3.8) is 0 Å². The first-order chi connectivity index (χ1) is 6.16. The summed E-state index contributed by atoms with van der Waals surface area (Å²) in [7, 11) is 0. The maximum Gasteiger partial charge on any atom is 0.0637 e. The number of halogens is 2. The topological polar surface area (TPSA) is 38.9 Å². The van der Waals surface area contributed by atoms with E-state index in [0.717, 1.165) is 12.0 Å². The van der Waals surface area contributed by atoms with Crippen LogP contribution in [0.3, 0.4) is 0 Å². The van der Waals surface area contributed by atoms with Crippen molar-refractivity contribution in [1.29, 1.82) is 0 Å². The summed E-state index contributed by atoms with van der Waals surface area (Å²) < 4.78 is 0. The van der Waals surface area contributed by atoms with Crippen LogP contribution in [-0.4, -0.2) is 4.98 Å². The number of nitrogens with two attached hydrogens (primary N) is 1. The third-order valence-corrected chi connectivity index (χ3v) is 2.74. The summed E-state index contributed by atoms with van der Waals surface area (Å²) in [5.41, 5.74) is 7.03. The molecule has 0 aliphatic rings. The van der Waals surface area contributed by atoms with Gasteiger partial charge in [-0.1, -0.05) is 31.9 Å². The number of rotatable bonds is 3. The van der Waals surface area contributed by atoms with Crippen LogP contribution >= 0.6 is 24.0 Å². The molecule has 80 valence electrons. The number of pyridine rings is 1. The molecular weight excluding hydrogens is 219 g/mol. The third kappa shape index (κ3) is 3.12. The van der Waals surface area contributed by atoms with E-state index in [1.165, 1.54) is 0 Å². The zero-order valence-corrected chi connectivity index (χ0v) is 9.98. The van der Waals surface area contributed by atoms with Gasteiger partial charge in [0.15, 0.2) is 0 Å². The molecule has 0 fully saturated rings. The minimum absolute atomic E-state index is 0. The lowest BCUT2D eigenvalue weighted by atomic mass is 9.94. The number of aromatic nitrogens is 1. The third-order valence-electron chi connectivity index (χ3n) is 2.42. The summed E-state index contributed by atoms with van der Waals surface area (Å²) in [4.78, 5) is 3.92. The van der Waals surface area contributed by atoms with Crippen LogP contribution in [0.4, 0.5) is 0 Å².